The summed E-state index contributed by atoms with van der Waals surface area (Å²) in [6.07, 6.45) is 2.08. The predicted octanol–water partition coefficient (Wildman–Crippen LogP) is -0.0668. The van der Waals surface area contributed by atoms with Crippen molar-refractivity contribution in [3.8, 4) is 0 Å². The van der Waals surface area contributed by atoms with Crippen molar-refractivity contribution in [3.63, 3.8) is 0 Å². The van der Waals surface area contributed by atoms with E-state index in [9.17, 15) is 4.79 Å². The normalized spacial score (nSPS) is 6.67. The third-order valence-electron chi connectivity index (χ3n) is 0.309. The van der Waals surface area contributed by atoms with Gasteiger partial charge in [0, 0.05) is 0 Å². The number of carbonyl (C=O) groups excluding carboxylic acids is 1. The molecule has 0 saturated carbocycles. The van der Waals surface area contributed by atoms with Gasteiger partial charge in [0.2, 0.25) is 6.41 Å². The largest absolute Gasteiger partial charge is 0.277 e. The summed E-state index contributed by atoms with van der Waals surface area (Å²) in [4.78, 5) is 9.35. The van der Waals surface area contributed by atoms with Crippen molar-refractivity contribution in [2.75, 3.05) is 6.54 Å². The molecular weight excluding hydrogens is 78.0 g/mol. The van der Waals surface area contributed by atoms with Crippen LogP contribution in [0, 0.1) is 0 Å². The second-order valence-electron chi connectivity index (χ2n) is 0.759. The van der Waals surface area contributed by atoms with Gasteiger partial charge in [-0.25, -0.2) is 0 Å². The van der Waals surface area contributed by atoms with Gasteiger partial charge < -0.3 is 0 Å². The van der Waals surface area contributed by atoms with Crippen LogP contribution in [0.1, 0.15) is 0 Å². The molecule has 0 aromatic carbocycles. The maximum atomic E-state index is 9.35. The third kappa shape index (κ3) is 3.21. The monoisotopic (exact) mass is 84.0 g/mol. The van der Waals surface area contributed by atoms with Crippen LogP contribution in [0.5, 0.6) is 0 Å². The van der Waals surface area contributed by atoms with Crippen molar-refractivity contribution in [1.29, 1.82) is 0 Å². The molecule has 0 fully saturated rings. The number of hydrogen-bond acceptors (Lipinski definition) is 1. The van der Waals surface area contributed by atoms with E-state index in [1.54, 1.807) is 6.08 Å². The van der Waals surface area contributed by atoms with Crippen molar-refractivity contribution < 1.29 is 4.79 Å². The van der Waals surface area contributed by atoms with Gasteiger partial charge >= 0.3 is 0 Å². The molecular formula is C4H6NO. The van der Waals surface area contributed by atoms with E-state index in [1.807, 2.05) is 0 Å². The van der Waals surface area contributed by atoms with Crippen molar-refractivity contribution in [1.82, 2.24) is 5.32 Å². The van der Waals surface area contributed by atoms with Gasteiger partial charge in [0.1, 0.15) is 0 Å². The molecule has 1 radical (unpaired) electrons. The lowest BCUT2D eigenvalue weighted by molar-refractivity contribution is -0.109. The molecule has 0 heterocycles. The van der Waals surface area contributed by atoms with Gasteiger partial charge in [-0.1, -0.05) is 6.08 Å². The summed E-state index contributed by atoms with van der Waals surface area (Å²) in [6, 6.07) is 0. The Balaban J connectivity index is 2.66. The first kappa shape index (κ1) is 5.21. The second-order valence-corrected chi connectivity index (χ2v) is 0.759. The van der Waals surface area contributed by atoms with Crippen molar-refractivity contribution in [2.45, 2.75) is 0 Å². The molecule has 0 saturated heterocycles. The highest BCUT2D eigenvalue weighted by atomic mass is 16.1. The van der Waals surface area contributed by atoms with Gasteiger partial charge in [0.15, 0.2) is 0 Å². The van der Waals surface area contributed by atoms with E-state index in [0.717, 1.165) is 0 Å². The molecule has 0 aliphatic carbocycles. The minimum absolute atomic E-state index is 0.434. The minimum atomic E-state index is 0.434. The molecule has 6 heavy (non-hydrogen) atoms. The smallest absolute Gasteiger partial charge is 0.228 e. The highest BCUT2D eigenvalue weighted by Gasteiger charge is 1.67. The first-order valence-electron chi connectivity index (χ1n) is 1.63. The van der Waals surface area contributed by atoms with Gasteiger partial charge in [-0.15, -0.1) is 6.58 Å². The highest BCUT2D eigenvalue weighted by Crippen LogP contribution is 1.53. The molecule has 0 aliphatic rings. The fourth-order valence-corrected chi connectivity index (χ4v) is 0.118. The number of rotatable bonds is 3. The Labute approximate surface area is 36.9 Å². The Bertz CT molecular complexity index is 43.5. The third-order valence-corrected chi connectivity index (χ3v) is 0.309. The van der Waals surface area contributed by atoms with E-state index in [4.69, 9.17) is 0 Å². The average Bonchev–Trinajstić information content (AvgIpc) is 1.61. The summed E-state index contributed by atoms with van der Waals surface area (Å²) in [5.41, 5.74) is 0. The van der Waals surface area contributed by atoms with E-state index in [-0.39, 0.29) is 0 Å². The molecule has 0 atom stereocenters. The summed E-state index contributed by atoms with van der Waals surface area (Å²) in [5, 5.41) is 3.29. The van der Waals surface area contributed by atoms with Gasteiger partial charge in [-0.05, 0) is 0 Å². The standard InChI is InChI=1S/C4H6NO/c1-2-3-5-4-6/h2,4H,1,3H2. The van der Waals surface area contributed by atoms with Crippen LogP contribution in [-0.2, 0) is 4.79 Å². The SMILES string of the molecule is C=CC[N]C=O. The van der Waals surface area contributed by atoms with Gasteiger partial charge in [0.05, 0.1) is 6.54 Å². The van der Waals surface area contributed by atoms with Crippen LogP contribution < -0.4 is 5.32 Å². The number of carbonyl (C=O) groups is 1. The van der Waals surface area contributed by atoms with E-state index in [0.29, 0.717) is 13.0 Å². The summed E-state index contributed by atoms with van der Waals surface area (Å²) in [7, 11) is 0. The Morgan fingerprint density at radius 3 is 2.67 bits per heavy atom. The molecule has 0 bridgehead atoms. The molecule has 2 heteroatoms. The fourth-order valence-electron chi connectivity index (χ4n) is 0.118. The van der Waals surface area contributed by atoms with Crippen molar-refractivity contribution >= 4 is 6.41 Å². The molecule has 0 aromatic rings. The molecule has 0 rings (SSSR count). The lowest BCUT2D eigenvalue weighted by Gasteiger charge is -1.76. The zero-order valence-corrected chi connectivity index (χ0v) is 3.42. The second kappa shape index (κ2) is 4.21. The minimum Gasteiger partial charge on any atom is -0.277 e. The van der Waals surface area contributed by atoms with Crippen LogP contribution in [0.25, 0.3) is 0 Å². The Morgan fingerprint density at radius 2 is 2.50 bits per heavy atom. The fraction of sp³-hybridized carbons (Fsp3) is 0.250. The lowest BCUT2D eigenvalue weighted by atomic mass is 10.6. The molecule has 0 N–H and O–H groups in total. The van der Waals surface area contributed by atoms with E-state index in [2.05, 4.69) is 11.9 Å². The highest BCUT2D eigenvalue weighted by molar-refractivity contribution is 5.45. The summed E-state index contributed by atoms with van der Waals surface area (Å²) >= 11 is 0. The summed E-state index contributed by atoms with van der Waals surface area (Å²) in [5.74, 6) is 0. The van der Waals surface area contributed by atoms with Crippen LogP contribution >= 0.6 is 0 Å². The first-order chi connectivity index (χ1) is 2.91. The maximum absolute atomic E-state index is 9.35. The zero-order valence-electron chi connectivity index (χ0n) is 3.42. The maximum Gasteiger partial charge on any atom is 0.228 e. The van der Waals surface area contributed by atoms with E-state index in [1.165, 1.54) is 0 Å². The lowest BCUT2D eigenvalue weighted by Crippen LogP contribution is -1.98. The van der Waals surface area contributed by atoms with Crippen LogP contribution in [0.2, 0.25) is 0 Å². The Morgan fingerprint density at radius 1 is 1.83 bits per heavy atom. The molecule has 0 spiro atoms. The Hall–Kier alpha value is -0.790. The van der Waals surface area contributed by atoms with Crippen LogP contribution in [0.15, 0.2) is 12.7 Å². The topological polar surface area (TPSA) is 31.2 Å². The van der Waals surface area contributed by atoms with Gasteiger partial charge in [-0.3, -0.25) is 10.1 Å². The van der Waals surface area contributed by atoms with Crippen molar-refractivity contribution in [3.05, 3.63) is 12.7 Å². The van der Waals surface area contributed by atoms with Crippen LogP contribution in [0.4, 0.5) is 0 Å². The van der Waals surface area contributed by atoms with Crippen LogP contribution in [-0.4, -0.2) is 13.0 Å². The van der Waals surface area contributed by atoms with Gasteiger partial charge in [-0.2, -0.15) is 0 Å². The zero-order chi connectivity index (χ0) is 4.83. The van der Waals surface area contributed by atoms with Crippen LogP contribution in [0.3, 0.4) is 0 Å². The molecule has 0 unspecified atom stereocenters. The Kier molecular flexibility index (Phi) is 3.66. The number of hydrogen-bond donors (Lipinski definition) is 0. The molecule has 1 amide bonds. The van der Waals surface area contributed by atoms with E-state index >= 15 is 0 Å². The summed E-state index contributed by atoms with van der Waals surface area (Å²) < 4.78 is 0. The van der Waals surface area contributed by atoms with Crippen molar-refractivity contribution in [2.24, 2.45) is 0 Å². The summed E-state index contributed by atoms with van der Waals surface area (Å²) in [6.45, 7) is 3.78. The predicted molar refractivity (Wildman–Crippen MR) is 23.3 cm³/mol. The molecule has 2 nitrogen and oxygen atoms in total. The number of amides is 1. The first-order valence-corrected chi connectivity index (χ1v) is 1.63. The quantitative estimate of drug-likeness (QED) is 0.267. The molecule has 33 valence electrons. The average molecular weight is 84.1 g/mol. The molecule has 0 aliphatic heterocycles. The molecule has 0 aromatic heterocycles. The van der Waals surface area contributed by atoms with E-state index < -0.39 is 0 Å². The number of nitrogens with zero attached hydrogens (tertiary/aromatic N) is 1. The van der Waals surface area contributed by atoms with Gasteiger partial charge in [0.25, 0.3) is 0 Å².